The van der Waals surface area contributed by atoms with Crippen molar-refractivity contribution in [2.45, 2.75) is 6.18 Å². The highest BCUT2D eigenvalue weighted by molar-refractivity contribution is 5.85. The Morgan fingerprint density at radius 3 is 2.55 bits per heavy atom. The number of pyridine rings is 1. The standard InChI is InChI=1S/C13H8F3NO3/c14-13(15,16)9-3-1-2-4-11(9)20-8-5-6-17-10(7-8)12(18)19/h1-7H,(H,18,19). The van der Waals surface area contributed by atoms with Gasteiger partial charge in [0.15, 0.2) is 5.69 Å². The van der Waals surface area contributed by atoms with Gasteiger partial charge in [-0.15, -0.1) is 0 Å². The molecule has 20 heavy (non-hydrogen) atoms. The van der Waals surface area contributed by atoms with Crippen molar-refractivity contribution in [2.24, 2.45) is 0 Å². The van der Waals surface area contributed by atoms with Crippen molar-refractivity contribution in [3.8, 4) is 11.5 Å². The number of rotatable bonds is 3. The van der Waals surface area contributed by atoms with Gasteiger partial charge in [0, 0.05) is 12.3 Å². The molecule has 0 radical (unpaired) electrons. The minimum Gasteiger partial charge on any atom is -0.477 e. The second kappa shape index (κ2) is 5.20. The Bertz CT molecular complexity index is 641. The van der Waals surface area contributed by atoms with E-state index in [2.05, 4.69) is 4.98 Å². The molecule has 2 aromatic rings. The average Bonchev–Trinajstić information content (AvgIpc) is 2.38. The molecule has 1 aromatic carbocycles. The Balaban J connectivity index is 2.36. The number of benzene rings is 1. The van der Waals surface area contributed by atoms with Crippen LogP contribution in [0.4, 0.5) is 13.2 Å². The van der Waals surface area contributed by atoms with Crippen LogP contribution in [0.25, 0.3) is 0 Å². The van der Waals surface area contributed by atoms with Gasteiger partial charge in [-0.25, -0.2) is 9.78 Å². The van der Waals surface area contributed by atoms with E-state index in [4.69, 9.17) is 9.84 Å². The van der Waals surface area contributed by atoms with Crippen molar-refractivity contribution in [3.63, 3.8) is 0 Å². The van der Waals surface area contributed by atoms with Gasteiger partial charge >= 0.3 is 12.1 Å². The summed E-state index contributed by atoms with van der Waals surface area (Å²) in [5, 5.41) is 8.76. The number of para-hydroxylation sites is 1. The number of ether oxygens (including phenoxy) is 1. The lowest BCUT2D eigenvalue weighted by Gasteiger charge is -2.13. The molecule has 0 aliphatic rings. The fourth-order valence-electron chi connectivity index (χ4n) is 1.51. The molecule has 0 saturated carbocycles. The lowest BCUT2D eigenvalue weighted by atomic mass is 10.2. The van der Waals surface area contributed by atoms with Crippen molar-refractivity contribution in [1.82, 2.24) is 4.98 Å². The molecule has 0 fully saturated rings. The summed E-state index contributed by atoms with van der Waals surface area (Å²) >= 11 is 0. The highest BCUT2D eigenvalue weighted by Crippen LogP contribution is 2.37. The van der Waals surface area contributed by atoms with Gasteiger partial charge in [-0.1, -0.05) is 12.1 Å². The molecule has 0 aliphatic heterocycles. The Morgan fingerprint density at radius 1 is 1.20 bits per heavy atom. The first-order chi connectivity index (χ1) is 9.38. The maximum absolute atomic E-state index is 12.8. The van der Waals surface area contributed by atoms with E-state index < -0.39 is 23.5 Å². The van der Waals surface area contributed by atoms with Crippen LogP contribution < -0.4 is 4.74 Å². The number of carboxylic acids is 1. The van der Waals surface area contributed by atoms with Crippen LogP contribution in [0.1, 0.15) is 16.1 Å². The summed E-state index contributed by atoms with van der Waals surface area (Å²) in [7, 11) is 0. The number of hydrogen-bond acceptors (Lipinski definition) is 3. The van der Waals surface area contributed by atoms with E-state index in [0.29, 0.717) is 0 Å². The quantitative estimate of drug-likeness (QED) is 0.935. The second-order valence-corrected chi connectivity index (χ2v) is 3.78. The third-order valence-corrected chi connectivity index (χ3v) is 2.37. The van der Waals surface area contributed by atoms with E-state index in [1.165, 1.54) is 18.2 Å². The molecule has 104 valence electrons. The van der Waals surface area contributed by atoms with Crippen molar-refractivity contribution in [2.75, 3.05) is 0 Å². The maximum atomic E-state index is 12.8. The maximum Gasteiger partial charge on any atom is 0.419 e. The van der Waals surface area contributed by atoms with Crippen molar-refractivity contribution < 1.29 is 27.8 Å². The number of nitrogens with zero attached hydrogens (tertiary/aromatic N) is 1. The molecule has 1 N–H and O–H groups in total. The van der Waals surface area contributed by atoms with E-state index in [9.17, 15) is 18.0 Å². The first-order valence-electron chi connectivity index (χ1n) is 5.41. The van der Waals surface area contributed by atoms with Gasteiger partial charge < -0.3 is 9.84 Å². The minimum absolute atomic E-state index is 0.0332. The molecule has 2 rings (SSSR count). The smallest absolute Gasteiger partial charge is 0.419 e. The average molecular weight is 283 g/mol. The van der Waals surface area contributed by atoms with Crippen LogP contribution in [0.5, 0.6) is 11.5 Å². The number of alkyl halides is 3. The summed E-state index contributed by atoms with van der Waals surface area (Å²) in [6.07, 6.45) is -3.41. The molecule has 0 spiro atoms. The first-order valence-corrected chi connectivity index (χ1v) is 5.41. The fraction of sp³-hybridized carbons (Fsp3) is 0.0769. The lowest BCUT2D eigenvalue weighted by Crippen LogP contribution is -2.07. The molecule has 1 heterocycles. The minimum atomic E-state index is -4.56. The van der Waals surface area contributed by atoms with Gasteiger partial charge in [0.1, 0.15) is 11.5 Å². The molecule has 0 amide bonds. The van der Waals surface area contributed by atoms with Crippen LogP contribution in [0, 0.1) is 0 Å². The zero-order chi connectivity index (χ0) is 14.8. The SMILES string of the molecule is O=C(O)c1cc(Oc2ccccc2C(F)(F)F)ccn1. The summed E-state index contributed by atoms with van der Waals surface area (Å²) in [5.41, 5.74) is -1.25. The molecule has 0 unspecified atom stereocenters. The number of carbonyl (C=O) groups is 1. The predicted octanol–water partition coefficient (Wildman–Crippen LogP) is 3.59. The zero-order valence-electron chi connectivity index (χ0n) is 9.89. The van der Waals surface area contributed by atoms with E-state index in [1.807, 2.05) is 0 Å². The Hall–Kier alpha value is -2.57. The van der Waals surface area contributed by atoms with Crippen LogP contribution in [-0.2, 0) is 6.18 Å². The van der Waals surface area contributed by atoms with E-state index >= 15 is 0 Å². The van der Waals surface area contributed by atoms with Crippen molar-refractivity contribution in [3.05, 3.63) is 53.9 Å². The topological polar surface area (TPSA) is 59.4 Å². The summed E-state index contributed by atoms with van der Waals surface area (Å²) in [6, 6.07) is 7.00. The lowest BCUT2D eigenvalue weighted by molar-refractivity contribution is -0.138. The predicted molar refractivity (Wildman–Crippen MR) is 62.7 cm³/mol. The molecule has 1 aromatic heterocycles. The van der Waals surface area contributed by atoms with Gasteiger partial charge in [0.05, 0.1) is 5.56 Å². The number of carboxylic acid groups (broad SMARTS) is 1. The zero-order valence-corrected chi connectivity index (χ0v) is 9.89. The number of hydrogen-bond donors (Lipinski definition) is 1. The van der Waals surface area contributed by atoms with Gasteiger partial charge in [-0.2, -0.15) is 13.2 Å². The highest BCUT2D eigenvalue weighted by Gasteiger charge is 2.34. The molecular weight excluding hydrogens is 275 g/mol. The van der Waals surface area contributed by atoms with Crippen LogP contribution in [-0.4, -0.2) is 16.1 Å². The van der Waals surface area contributed by atoms with Crippen LogP contribution in [0.2, 0.25) is 0 Å². The first kappa shape index (κ1) is 13.9. The van der Waals surface area contributed by atoms with Gasteiger partial charge in [0.2, 0.25) is 0 Å². The third-order valence-electron chi connectivity index (χ3n) is 2.37. The van der Waals surface area contributed by atoms with E-state index in [-0.39, 0.29) is 11.4 Å². The van der Waals surface area contributed by atoms with E-state index in [0.717, 1.165) is 24.4 Å². The molecule has 0 aliphatic carbocycles. The van der Waals surface area contributed by atoms with Crippen molar-refractivity contribution in [1.29, 1.82) is 0 Å². The normalized spacial score (nSPS) is 11.2. The van der Waals surface area contributed by atoms with Crippen LogP contribution >= 0.6 is 0 Å². The molecular formula is C13H8F3NO3. The Labute approximate surface area is 111 Å². The molecule has 7 heteroatoms. The number of aromatic nitrogens is 1. The van der Waals surface area contributed by atoms with Crippen LogP contribution in [0.3, 0.4) is 0 Å². The summed E-state index contributed by atoms with van der Waals surface area (Å²) in [6.45, 7) is 0. The monoisotopic (exact) mass is 283 g/mol. The van der Waals surface area contributed by atoms with Crippen LogP contribution in [0.15, 0.2) is 42.6 Å². The highest BCUT2D eigenvalue weighted by atomic mass is 19.4. The molecule has 0 saturated heterocycles. The Kier molecular flexibility index (Phi) is 3.60. The third kappa shape index (κ3) is 3.05. The molecule has 0 bridgehead atoms. The molecule has 4 nitrogen and oxygen atoms in total. The van der Waals surface area contributed by atoms with Gasteiger partial charge in [0.25, 0.3) is 0 Å². The summed E-state index contributed by atoms with van der Waals surface area (Å²) < 4.78 is 43.4. The summed E-state index contributed by atoms with van der Waals surface area (Å²) in [4.78, 5) is 14.3. The number of aromatic carboxylic acids is 1. The summed E-state index contributed by atoms with van der Waals surface area (Å²) in [5.74, 6) is -1.73. The molecule has 0 atom stereocenters. The van der Waals surface area contributed by atoms with Crippen molar-refractivity contribution >= 4 is 5.97 Å². The second-order valence-electron chi connectivity index (χ2n) is 3.78. The van der Waals surface area contributed by atoms with Gasteiger partial charge in [-0.3, -0.25) is 0 Å². The fourth-order valence-corrected chi connectivity index (χ4v) is 1.51. The van der Waals surface area contributed by atoms with Gasteiger partial charge in [-0.05, 0) is 18.2 Å². The number of halogens is 3. The Morgan fingerprint density at radius 2 is 1.90 bits per heavy atom. The van der Waals surface area contributed by atoms with E-state index in [1.54, 1.807) is 0 Å². The largest absolute Gasteiger partial charge is 0.477 e.